The number of benzene rings is 2. The van der Waals surface area contributed by atoms with Gasteiger partial charge in [-0.15, -0.1) is 0 Å². The highest BCUT2D eigenvalue weighted by Gasteiger charge is 2.00. The number of nitrogens with two attached hydrogens (primary N) is 1. The molecule has 0 unspecified atom stereocenters. The highest BCUT2D eigenvalue weighted by atomic mass is 16.3. The molecular weight excluding hydrogens is 324 g/mol. The molecule has 0 aromatic heterocycles. The van der Waals surface area contributed by atoms with E-state index in [1.54, 1.807) is 24.3 Å². The molecule has 0 aliphatic heterocycles. The summed E-state index contributed by atoms with van der Waals surface area (Å²) in [5.74, 6) is 0.565. The van der Waals surface area contributed by atoms with Gasteiger partial charge in [0.15, 0.2) is 0 Å². The highest BCUT2D eigenvalue weighted by molar-refractivity contribution is 5.51. The van der Waals surface area contributed by atoms with Gasteiger partial charge in [0.1, 0.15) is 11.5 Å². The van der Waals surface area contributed by atoms with E-state index in [0.29, 0.717) is 0 Å². The summed E-state index contributed by atoms with van der Waals surface area (Å²) in [5.41, 5.74) is 7.75. The average Bonchev–Trinajstić information content (AvgIpc) is 2.65. The van der Waals surface area contributed by atoms with Crippen LogP contribution in [0.2, 0.25) is 0 Å². The van der Waals surface area contributed by atoms with Crippen molar-refractivity contribution in [3.63, 3.8) is 0 Å². The lowest BCUT2D eigenvalue weighted by Gasteiger charge is -2.18. The molecule has 0 aliphatic rings. The quantitative estimate of drug-likeness (QED) is 0.568. The van der Waals surface area contributed by atoms with E-state index >= 15 is 0 Å². The van der Waals surface area contributed by atoms with Crippen LogP contribution in [0, 0.1) is 0 Å². The molecule has 0 fully saturated rings. The molecule has 138 valence electrons. The number of hydrogen-bond donors (Lipinski definition) is 3. The minimum absolute atomic E-state index is 0.282. The molecule has 0 amide bonds. The van der Waals surface area contributed by atoms with Crippen LogP contribution in [0.15, 0.2) is 60.7 Å². The van der Waals surface area contributed by atoms with Crippen LogP contribution in [0.1, 0.15) is 24.0 Å². The molecule has 4 N–H and O–H groups in total. The Morgan fingerprint density at radius 1 is 0.731 bits per heavy atom. The third kappa shape index (κ3) is 7.55. The molecule has 0 heterocycles. The molecule has 0 spiro atoms. The molecule has 0 saturated carbocycles. The molecule has 0 saturated heterocycles. The van der Waals surface area contributed by atoms with Gasteiger partial charge < -0.3 is 15.9 Å². The summed E-state index contributed by atoms with van der Waals surface area (Å²) in [7, 11) is 0. The van der Waals surface area contributed by atoms with E-state index in [2.05, 4.69) is 29.2 Å². The maximum absolute atomic E-state index is 9.33. The second-order valence-electron chi connectivity index (χ2n) is 6.24. The van der Waals surface area contributed by atoms with Gasteiger partial charge in [0, 0.05) is 13.1 Å². The molecule has 26 heavy (non-hydrogen) atoms. The third-order valence-corrected chi connectivity index (χ3v) is 4.06. The largest absolute Gasteiger partial charge is 0.508 e. The molecule has 4 nitrogen and oxygen atoms in total. The smallest absolute Gasteiger partial charge is 0.115 e. The van der Waals surface area contributed by atoms with Gasteiger partial charge in [-0.3, -0.25) is 4.90 Å². The van der Waals surface area contributed by atoms with Gasteiger partial charge in [-0.05, 0) is 61.3 Å². The molecule has 0 bridgehead atoms. The van der Waals surface area contributed by atoms with Crippen molar-refractivity contribution in [2.45, 2.75) is 12.8 Å². The Morgan fingerprint density at radius 3 is 1.62 bits per heavy atom. The second-order valence-corrected chi connectivity index (χ2v) is 6.24. The van der Waals surface area contributed by atoms with Crippen LogP contribution < -0.4 is 5.73 Å². The van der Waals surface area contributed by atoms with E-state index in [4.69, 9.17) is 5.73 Å². The Bertz CT molecular complexity index is 634. The lowest BCUT2D eigenvalue weighted by atomic mass is 10.2. The predicted molar refractivity (Wildman–Crippen MR) is 109 cm³/mol. The molecule has 0 atom stereocenters. The monoisotopic (exact) mass is 352 g/mol. The average molecular weight is 352 g/mol. The number of phenolic OH excluding ortho intramolecular Hbond substituents is 2. The summed E-state index contributed by atoms with van der Waals surface area (Å²) in [5, 5.41) is 18.7. The Morgan fingerprint density at radius 2 is 1.19 bits per heavy atom. The number of unbranched alkanes of at least 4 members (excludes halogenated alkanes) is 1. The molecule has 2 aromatic rings. The first-order chi connectivity index (χ1) is 12.7. The van der Waals surface area contributed by atoms with Crippen LogP contribution in [0.25, 0.3) is 12.2 Å². The van der Waals surface area contributed by atoms with Crippen molar-refractivity contribution >= 4 is 12.2 Å². The first-order valence-corrected chi connectivity index (χ1v) is 9.01. The summed E-state index contributed by atoms with van der Waals surface area (Å²) in [6.07, 6.45) is 10.5. The van der Waals surface area contributed by atoms with Gasteiger partial charge in [0.2, 0.25) is 0 Å². The maximum Gasteiger partial charge on any atom is 0.115 e. The van der Waals surface area contributed by atoms with Crippen LogP contribution >= 0.6 is 0 Å². The minimum Gasteiger partial charge on any atom is -0.508 e. The van der Waals surface area contributed by atoms with E-state index in [1.165, 1.54) is 0 Å². The fourth-order valence-corrected chi connectivity index (χ4v) is 2.58. The fraction of sp³-hybridized carbons (Fsp3) is 0.273. The predicted octanol–water partition coefficient (Wildman–Crippen LogP) is 3.87. The Kier molecular flexibility index (Phi) is 8.46. The zero-order valence-electron chi connectivity index (χ0n) is 15.1. The van der Waals surface area contributed by atoms with Gasteiger partial charge in [-0.2, -0.15) is 0 Å². The van der Waals surface area contributed by atoms with E-state index in [-0.39, 0.29) is 11.5 Å². The van der Waals surface area contributed by atoms with Gasteiger partial charge in [0.25, 0.3) is 0 Å². The van der Waals surface area contributed by atoms with Crippen molar-refractivity contribution in [2.24, 2.45) is 5.73 Å². The Labute approximate surface area is 155 Å². The number of rotatable bonds is 10. The van der Waals surface area contributed by atoms with Crippen LogP contribution in [-0.2, 0) is 0 Å². The van der Waals surface area contributed by atoms with Crippen LogP contribution in [-0.4, -0.2) is 41.3 Å². The van der Waals surface area contributed by atoms with Crippen molar-refractivity contribution in [2.75, 3.05) is 26.2 Å². The fourth-order valence-electron chi connectivity index (χ4n) is 2.58. The SMILES string of the molecule is NCCCCN(C/C=C/c1ccc(O)cc1)C/C=C/c1ccc(O)cc1. The molecule has 0 aliphatic carbocycles. The molecule has 4 heteroatoms. The molecular formula is C22H28N2O2. The lowest BCUT2D eigenvalue weighted by Crippen LogP contribution is -2.25. The Hall–Kier alpha value is -2.56. The molecule has 2 aromatic carbocycles. The van der Waals surface area contributed by atoms with E-state index in [0.717, 1.165) is 50.1 Å². The number of phenols is 2. The summed E-state index contributed by atoms with van der Waals surface area (Å²) in [6.45, 7) is 3.42. The highest BCUT2D eigenvalue weighted by Crippen LogP contribution is 2.12. The number of nitrogens with zero attached hydrogens (tertiary/aromatic N) is 1. The zero-order valence-corrected chi connectivity index (χ0v) is 15.1. The third-order valence-electron chi connectivity index (χ3n) is 4.06. The van der Waals surface area contributed by atoms with Crippen molar-refractivity contribution < 1.29 is 10.2 Å². The normalized spacial score (nSPS) is 11.8. The van der Waals surface area contributed by atoms with Crippen molar-refractivity contribution in [1.29, 1.82) is 0 Å². The van der Waals surface area contributed by atoms with E-state index in [9.17, 15) is 10.2 Å². The van der Waals surface area contributed by atoms with E-state index < -0.39 is 0 Å². The van der Waals surface area contributed by atoms with Crippen molar-refractivity contribution in [3.8, 4) is 11.5 Å². The van der Waals surface area contributed by atoms with E-state index in [1.807, 2.05) is 24.3 Å². The first kappa shape index (κ1) is 19.8. The first-order valence-electron chi connectivity index (χ1n) is 9.01. The van der Waals surface area contributed by atoms with Crippen molar-refractivity contribution in [1.82, 2.24) is 4.90 Å². The van der Waals surface area contributed by atoms with Crippen LogP contribution in [0.4, 0.5) is 0 Å². The zero-order chi connectivity index (χ0) is 18.6. The number of aromatic hydroxyl groups is 2. The summed E-state index contributed by atoms with van der Waals surface area (Å²) in [4.78, 5) is 2.36. The van der Waals surface area contributed by atoms with Gasteiger partial charge in [-0.1, -0.05) is 48.6 Å². The molecule has 2 rings (SSSR count). The second kappa shape index (κ2) is 11.1. The van der Waals surface area contributed by atoms with Gasteiger partial charge >= 0.3 is 0 Å². The van der Waals surface area contributed by atoms with Crippen LogP contribution in [0.3, 0.4) is 0 Å². The standard InChI is InChI=1S/C22H28N2O2/c23-15-1-2-16-24(17-3-5-19-7-11-21(25)12-8-19)18-4-6-20-9-13-22(26)14-10-20/h3-14,25-26H,1-2,15-18,23H2/b5-3+,6-4+. The molecule has 0 radical (unpaired) electrons. The number of hydrogen-bond acceptors (Lipinski definition) is 4. The lowest BCUT2D eigenvalue weighted by molar-refractivity contribution is 0.328. The summed E-state index contributed by atoms with van der Waals surface area (Å²) < 4.78 is 0. The van der Waals surface area contributed by atoms with Gasteiger partial charge in [-0.25, -0.2) is 0 Å². The summed E-state index contributed by atoms with van der Waals surface area (Å²) >= 11 is 0. The topological polar surface area (TPSA) is 69.7 Å². The maximum atomic E-state index is 9.33. The van der Waals surface area contributed by atoms with Gasteiger partial charge in [0.05, 0.1) is 0 Å². The minimum atomic E-state index is 0.282. The Balaban J connectivity index is 1.89. The van der Waals surface area contributed by atoms with Crippen LogP contribution in [0.5, 0.6) is 11.5 Å². The summed E-state index contributed by atoms with van der Waals surface area (Å²) in [6, 6.07) is 14.4. The van der Waals surface area contributed by atoms with Crippen molar-refractivity contribution in [3.05, 3.63) is 71.8 Å².